The van der Waals surface area contributed by atoms with Crippen LogP contribution >= 0.6 is 11.3 Å². The highest BCUT2D eigenvalue weighted by Gasteiger charge is 2.19. The Bertz CT molecular complexity index is 3950. The van der Waals surface area contributed by atoms with E-state index in [1.807, 2.05) is 11.3 Å². The van der Waals surface area contributed by atoms with E-state index in [1.165, 1.54) is 69.2 Å². The van der Waals surface area contributed by atoms with Gasteiger partial charge in [0.1, 0.15) is 0 Å². The topological polar surface area (TPSA) is 17.8 Å². The maximum Gasteiger partial charge on any atom is 0.0716 e. The minimum atomic E-state index is 0.922. The standard InChI is InChI=1S/C61H38N2S/c1-3-15-39(16-4-1)41-27-29-52-51-23-11-13-25-58(51)63(59(52)38-41)47-32-45(54-34-42-19-7-8-20-48(42)49-21-9-10-22-50(49)54)31-46(33-47)57-37-44(40-17-5-2-6-18-40)36-56(62-57)43-28-30-61-55(35-43)53-24-12-14-26-60(53)64-61/h1-38H. The fourth-order valence-corrected chi connectivity index (χ4v) is 11.0. The summed E-state index contributed by atoms with van der Waals surface area (Å²) in [7, 11) is 0. The highest BCUT2D eigenvalue weighted by atomic mass is 32.1. The summed E-state index contributed by atoms with van der Waals surface area (Å²) >= 11 is 1.84. The van der Waals surface area contributed by atoms with E-state index in [0.29, 0.717) is 0 Å². The lowest BCUT2D eigenvalue weighted by atomic mass is 9.91. The predicted octanol–water partition coefficient (Wildman–Crippen LogP) is 17.2. The molecule has 0 aliphatic heterocycles. The van der Waals surface area contributed by atoms with E-state index in [2.05, 4.69) is 235 Å². The molecule has 0 spiro atoms. The molecule has 3 heteroatoms. The third kappa shape index (κ3) is 6.05. The van der Waals surface area contributed by atoms with Crippen molar-refractivity contribution in [2.24, 2.45) is 0 Å². The molecular formula is C61H38N2S. The molecule has 0 amide bonds. The van der Waals surface area contributed by atoms with Crippen molar-refractivity contribution in [1.29, 1.82) is 0 Å². The van der Waals surface area contributed by atoms with Crippen LogP contribution in [0.3, 0.4) is 0 Å². The zero-order valence-corrected chi connectivity index (χ0v) is 35.6. The zero-order valence-electron chi connectivity index (χ0n) is 34.7. The van der Waals surface area contributed by atoms with E-state index in [4.69, 9.17) is 4.98 Å². The zero-order chi connectivity index (χ0) is 42.1. The molecule has 0 radical (unpaired) electrons. The quantitative estimate of drug-likeness (QED) is 0.153. The number of fused-ring (bicyclic) bond motifs is 9. The van der Waals surface area contributed by atoms with E-state index in [0.717, 1.165) is 55.9 Å². The summed E-state index contributed by atoms with van der Waals surface area (Å²) in [6, 6.07) is 84.3. The molecule has 64 heavy (non-hydrogen) atoms. The lowest BCUT2D eigenvalue weighted by Gasteiger charge is -2.17. The fourth-order valence-electron chi connectivity index (χ4n) is 9.90. The second-order valence-corrected chi connectivity index (χ2v) is 17.8. The number of hydrogen-bond donors (Lipinski definition) is 0. The van der Waals surface area contributed by atoms with Crippen LogP contribution < -0.4 is 0 Å². The van der Waals surface area contributed by atoms with Gasteiger partial charge in [0.15, 0.2) is 0 Å². The molecule has 3 aromatic heterocycles. The Hall–Kier alpha value is -8.11. The number of pyridine rings is 1. The molecule has 0 unspecified atom stereocenters. The first-order valence-corrected chi connectivity index (χ1v) is 22.7. The highest BCUT2D eigenvalue weighted by Crippen LogP contribution is 2.42. The van der Waals surface area contributed by atoms with Gasteiger partial charge in [-0.2, -0.15) is 0 Å². The Morgan fingerprint density at radius 2 is 0.891 bits per heavy atom. The fraction of sp³-hybridized carbons (Fsp3) is 0. The third-order valence-electron chi connectivity index (χ3n) is 12.9. The van der Waals surface area contributed by atoms with Gasteiger partial charge >= 0.3 is 0 Å². The predicted molar refractivity (Wildman–Crippen MR) is 274 cm³/mol. The minimum Gasteiger partial charge on any atom is -0.309 e. The summed E-state index contributed by atoms with van der Waals surface area (Å²) < 4.78 is 5.05. The molecule has 0 aliphatic rings. The molecule has 10 aromatic carbocycles. The second kappa shape index (κ2) is 14.8. The molecule has 2 nitrogen and oxygen atoms in total. The Kier molecular flexibility index (Phi) is 8.43. The van der Waals surface area contributed by atoms with Crippen molar-refractivity contribution >= 4 is 74.9 Å². The molecule has 3 heterocycles. The molecule has 0 N–H and O–H groups in total. The van der Waals surface area contributed by atoms with Crippen molar-refractivity contribution in [3.05, 3.63) is 231 Å². The van der Waals surface area contributed by atoms with E-state index in [1.54, 1.807) is 0 Å². The van der Waals surface area contributed by atoms with Crippen molar-refractivity contribution in [3.63, 3.8) is 0 Å². The number of aromatic nitrogens is 2. The largest absolute Gasteiger partial charge is 0.309 e. The van der Waals surface area contributed by atoms with Gasteiger partial charge < -0.3 is 4.57 Å². The maximum atomic E-state index is 5.61. The number of rotatable bonds is 6. The minimum absolute atomic E-state index is 0.922. The van der Waals surface area contributed by atoms with Gasteiger partial charge in [0.05, 0.1) is 22.4 Å². The first-order valence-electron chi connectivity index (χ1n) is 21.8. The van der Waals surface area contributed by atoms with Gasteiger partial charge in [-0.25, -0.2) is 4.98 Å². The van der Waals surface area contributed by atoms with Crippen LogP contribution in [0.25, 0.3) is 125 Å². The van der Waals surface area contributed by atoms with Crippen LogP contribution in [0, 0.1) is 0 Å². The Morgan fingerprint density at radius 3 is 1.70 bits per heavy atom. The molecule has 0 bridgehead atoms. The van der Waals surface area contributed by atoms with Crippen molar-refractivity contribution in [2.75, 3.05) is 0 Å². The van der Waals surface area contributed by atoms with Crippen molar-refractivity contribution in [3.8, 4) is 61.6 Å². The van der Waals surface area contributed by atoms with Gasteiger partial charge in [-0.3, -0.25) is 0 Å². The molecule has 0 aliphatic carbocycles. The number of nitrogens with zero attached hydrogens (tertiary/aromatic N) is 2. The van der Waals surface area contributed by atoms with Gasteiger partial charge in [0.25, 0.3) is 0 Å². The van der Waals surface area contributed by atoms with Crippen molar-refractivity contribution < 1.29 is 0 Å². The first-order chi connectivity index (χ1) is 31.7. The van der Waals surface area contributed by atoms with Crippen LogP contribution in [0.5, 0.6) is 0 Å². The smallest absolute Gasteiger partial charge is 0.0716 e. The molecule has 0 saturated heterocycles. The molecule has 13 rings (SSSR count). The molecule has 0 saturated carbocycles. The van der Waals surface area contributed by atoms with Gasteiger partial charge in [0.2, 0.25) is 0 Å². The molecule has 13 aromatic rings. The number of hydrogen-bond acceptors (Lipinski definition) is 2. The lowest BCUT2D eigenvalue weighted by molar-refractivity contribution is 1.18. The Morgan fingerprint density at radius 1 is 0.297 bits per heavy atom. The lowest BCUT2D eigenvalue weighted by Crippen LogP contribution is -1.98. The average molecular weight is 831 g/mol. The van der Waals surface area contributed by atoms with Crippen molar-refractivity contribution in [2.45, 2.75) is 0 Å². The van der Waals surface area contributed by atoms with Crippen molar-refractivity contribution in [1.82, 2.24) is 9.55 Å². The summed E-state index contributed by atoms with van der Waals surface area (Å²) in [5.41, 5.74) is 14.4. The van der Waals surface area contributed by atoms with Crippen LogP contribution in [0.15, 0.2) is 231 Å². The Balaban J connectivity index is 1.11. The SMILES string of the molecule is c1ccc(-c2cc(-c3cc(-c4cc5ccccc5c5ccccc45)cc(-n4c5ccccc5c5ccc(-c6ccccc6)cc54)c3)nc(-c3ccc4sc5ccccc5c4c3)c2)cc1. The van der Waals surface area contributed by atoms with Gasteiger partial charge in [-0.15, -0.1) is 11.3 Å². The van der Waals surface area contributed by atoms with Gasteiger partial charge in [0, 0.05) is 47.8 Å². The normalized spacial score (nSPS) is 11.8. The molecule has 0 atom stereocenters. The van der Waals surface area contributed by atoms with E-state index >= 15 is 0 Å². The van der Waals surface area contributed by atoms with Crippen LogP contribution in [0.2, 0.25) is 0 Å². The van der Waals surface area contributed by atoms with Gasteiger partial charge in [-0.05, 0) is 122 Å². The number of benzene rings is 10. The van der Waals surface area contributed by atoms with Crippen LogP contribution in [-0.4, -0.2) is 9.55 Å². The van der Waals surface area contributed by atoms with E-state index in [-0.39, 0.29) is 0 Å². The number of thiophene rings is 1. The summed E-state index contributed by atoms with van der Waals surface area (Å²) in [6.45, 7) is 0. The summed E-state index contributed by atoms with van der Waals surface area (Å²) in [6.07, 6.45) is 0. The maximum absolute atomic E-state index is 5.61. The van der Waals surface area contributed by atoms with Crippen LogP contribution in [-0.2, 0) is 0 Å². The molecular weight excluding hydrogens is 793 g/mol. The monoisotopic (exact) mass is 830 g/mol. The first kappa shape index (κ1) is 36.5. The molecule has 0 fully saturated rings. The number of para-hydroxylation sites is 1. The van der Waals surface area contributed by atoms with E-state index < -0.39 is 0 Å². The summed E-state index contributed by atoms with van der Waals surface area (Å²) in [4.78, 5) is 5.61. The molecule has 298 valence electrons. The highest BCUT2D eigenvalue weighted by molar-refractivity contribution is 7.25. The van der Waals surface area contributed by atoms with Crippen LogP contribution in [0.1, 0.15) is 0 Å². The van der Waals surface area contributed by atoms with Gasteiger partial charge in [-0.1, -0.05) is 164 Å². The average Bonchev–Trinajstić information content (AvgIpc) is 3.91. The van der Waals surface area contributed by atoms with Crippen LogP contribution in [0.4, 0.5) is 0 Å². The Labute approximate surface area is 374 Å². The summed E-state index contributed by atoms with van der Waals surface area (Å²) in [5, 5.41) is 9.94. The summed E-state index contributed by atoms with van der Waals surface area (Å²) in [5.74, 6) is 0. The third-order valence-corrected chi connectivity index (χ3v) is 14.1. The second-order valence-electron chi connectivity index (χ2n) is 16.7. The van der Waals surface area contributed by atoms with E-state index in [9.17, 15) is 0 Å².